The normalized spacial score (nSPS) is 11.7. The average Bonchev–Trinajstić information content (AvgIpc) is 3.02. The van der Waals surface area contributed by atoms with Crippen LogP contribution in [0.3, 0.4) is 0 Å². The Labute approximate surface area is 164 Å². The highest BCUT2D eigenvalue weighted by Gasteiger charge is 2.20. The van der Waals surface area contributed by atoms with E-state index in [0.717, 1.165) is 0 Å². The van der Waals surface area contributed by atoms with E-state index in [4.69, 9.17) is 21.4 Å². The van der Waals surface area contributed by atoms with E-state index in [2.05, 4.69) is 25.6 Å². The van der Waals surface area contributed by atoms with Crippen molar-refractivity contribution in [3.05, 3.63) is 52.9 Å². The van der Waals surface area contributed by atoms with Gasteiger partial charge in [0.15, 0.2) is 11.5 Å². The number of ether oxygens (including phenoxy) is 1. The molecule has 1 unspecified atom stereocenters. The number of hydrogen-bond donors (Lipinski definition) is 2. The van der Waals surface area contributed by atoms with Gasteiger partial charge in [0, 0.05) is 25.0 Å². The largest absolute Gasteiger partial charge is 0.478 e. The minimum absolute atomic E-state index is 0.0312. The highest BCUT2D eigenvalue weighted by Crippen LogP contribution is 2.26. The summed E-state index contributed by atoms with van der Waals surface area (Å²) >= 11 is 6.01. The summed E-state index contributed by atoms with van der Waals surface area (Å²) in [5, 5.41) is 19.6. The molecule has 0 radical (unpaired) electrons. The van der Waals surface area contributed by atoms with Crippen LogP contribution in [0.15, 0.2) is 36.7 Å². The van der Waals surface area contributed by atoms with Crippen LogP contribution < -0.4 is 5.32 Å². The summed E-state index contributed by atoms with van der Waals surface area (Å²) in [6.07, 6.45) is 1.34. The fourth-order valence-electron chi connectivity index (χ4n) is 2.38. The summed E-state index contributed by atoms with van der Waals surface area (Å²) in [5.41, 5.74) is 1.21. The van der Waals surface area contributed by atoms with Gasteiger partial charge in [-0.3, -0.25) is 10.3 Å². The van der Waals surface area contributed by atoms with Crippen LogP contribution in [-0.4, -0.2) is 42.1 Å². The molecule has 3 aromatic heterocycles. The number of nitrogens with one attached hydrogen (secondary N) is 1. The van der Waals surface area contributed by atoms with E-state index in [9.17, 15) is 9.59 Å². The van der Waals surface area contributed by atoms with E-state index in [1.165, 1.54) is 29.2 Å². The molecular formula is C17H15ClN6O4. The Kier molecular flexibility index (Phi) is 5.50. The van der Waals surface area contributed by atoms with Crippen molar-refractivity contribution in [2.45, 2.75) is 13.0 Å². The molecule has 0 aliphatic heterocycles. The van der Waals surface area contributed by atoms with Gasteiger partial charge in [0.2, 0.25) is 0 Å². The van der Waals surface area contributed by atoms with Gasteiger partial charge in [-0.1, -0.05) is 22.9 Å². The number of aromatic nitrogens is 5. The topological polar surface area (TPSA) is 132 Å². The Hall–Kier alpha value is -3.53. The van der Waals surface area contributed by atoms with Crippen molar-refractivity contribution in [1.82, 2.24) is 25.0 Å². The van der Waals surface area contributed by atoms with Gasteiger partial charge in [0.25, 0.3) is 0 Å². The molecule has 0 aliphatic carbocycles. The summed E-state index contributed by atoms with van der Waals surface area (Å²) in [6, 6.07) is 6.25. The minimum Gasteiger partial charge on any atom is -0.478 e. The van der Waals surface area contributed by atoms with Crippen molar-refractivity contribution < 1.29 is 19.4 Å². The van der Waals surface area contributed by atoms with Crippen LogP contribution in [0, 0.1) is 0 Å². The standard InChI is InChI=1S/C17H15ClN6O4/c1-9(11-4-3-7-19-14(11)18)28-17(27)21-15-13(22-23-24(15)2)12-6-5-10(8-20-12)16(25)26/h3-9H,1-2H3,(H,21,27)(H,25,26). The second-order valence-electron chi connectivity index (χ2n) is 5.70. The number of carboxylic acid groups (broad SMARTS) is 1. The molecule has 0 fully saturated rings. The van der Waals surface area contributed by atoms with Gasteiger partial charge >= 0.3 is 12.1 Å². The second-order valence-corrected chi connectivity index (χ2v) is 6.06. The lowest BCUT2D eigenvalue weighted by Gasteiger charge is -2.15. The Morgan fingerprint density at radius 2 is 2.07 bits per heavy atom. The first-order chi connectivity index (χ1) is 13.4. The maximum atomic E-state index is 12.3. The number of hydrogen-bond acceptors (Lipinski definition) is 7. The number of amides is 1. The number of halogens is 1. The van der Waals surface area contributed by atoms with Crippen LogP contribution in [-0.2, 0) is 11.8 Å². The first kappa shape index (κ1) is 19.2. The van der Waals surface area contributed by atoms with E-state index in [1.807, 2.05) is 0 Å². The molecular weight excluding hydrogens is 388 g/mol. The van der Waals surface area contributed by atoms with Crippen LogP contribution in [0.25, 0.3) is 11.4 Å². The smallest absolute Gasteiger partial charge is 0.413 e. The molecule has 0 spiro atoms. The summed E-state index contributed by atoms with van der Waals surface area (Å²) in [5.74, 6) is -0.853. The number of carbonyl (C=O) groups is 2. The number of anilines is 1. The Morgan fingerprint density at radius 1 is 1.29 bits per heavy atom. The average molecular weight is 403 g/mol. The van der Waals surface area contributed by atoms with E-state index < -0.39 is 18.2 Å². The molecule has 2 N–H and O–H groups in total. The second kappa shape index (κ2) is 8.01. The third-order valence-electron chi connectivity index (χ3n) is 3.81. The Morgan fingerprint density at radius 3 is 2.71 bits per heavy atom. The minimum atomic E-state index is -1.09. The molecule has 1 amide bonds. The van der Waals surface area contributed by atoms with Gasteiger partial charge in [0.05, 0.1) is 11.3 Å². The van der Waals surface area contributed by atoms with E-state index in [1.54, 1.807) is 26.1 Å². The zero-order valence-corrected chi connectivity index (χ0v) is 15.6. The molecule has 1 atom stereocenters. The maximum Gasteiger partial charge on any atom is 0.413 e. The van der Waals surface area contributed by atoms with E-state index in [-0.39, 0.29) is 22.2 Å². The van der Waals surface area contributed by atoms with Gasteiger partial charge in [-0.25, -0.2) is 19.3 Å². The fraction of sp³-hybridized carbons (Fsp3) is 0.176. The molecule has 0 bridgehead atoms. The molecule has 0 saturated heterocycles. The number of nitrogens with zero attached hydrogens (tertiary/aromatic N) is 5. The number of carboxylic acids is 1. The number of aromatic carboxylic acids is 1. The predicted octanol–water partition coefficient (Wildman–Crippen LogP) is 2.93. The van der Waals surface area contributed by atoms with Gasteiger partial charge < -0.3 is 9.84 Å². The zero-order chi connectivity index (χ0) is 20.3. The highest BCUT2D eigenvalue weighted by molar-refractivity contribution is 6.30. The molecule has 144 valence electrons. The van der Waals surface area contributed by atoms with Crippen LogP contribution in [0.5, 0.6) is 0 Å². The summed E-state index contributed by atoms with van der Waals surface area (Å²) < 4.78 is 6.68. The van der Waals surface area contributed by atoms with Crippen LogP contribution in [0.1, 0.15) is 28.9 Å². The van der Waals surface area contributed by atoms with Crippen molar-refractivity contribution in [1.29, 1.82) is 0 Å². The lowest BCUT2D eigenvalue weighted by Crippen LogP contribution is -2.18. The fourth-order valence-corrected chi connectivity index (χ4v) is 2.66. The number of carbonyl (C=O) groups excluding carboxylic acids is 1. The summed E-state index contributed by atoms with van der Waals surface area (Å²) in [7, 11) is 1.58. The molecule has 0 aromatic carbocycles. The van der Waals surface area contributed by atoms with Crippen molar-refractivity contribution in [2.24, 2.45) is 7.05 Å². The van der Waals surface area contributed by atoms with E-state index >= 15 is 0 Å². The first-order valence-electron chi connectivity index (χ1n) is 8.04. The van der Waals surface area contributed by atoms with Crippen molar-refractivity contribution >= 4 is 29.5 Å². The monoisotopic (exact) mass is 402 g/mol. The van der Waals surface area contributed by atoms with Gasteiger partial charge in [-0.15, -0.1) is 5.10 Å². The Balaban J connectivity index is 1.77. The molecule has 3 aromatic rings. The summed E-state index contributed by atoms with van der Waals surface area (Å²) in [6.45, 7) is 1.66. The first-order valence-corrected chi connectivity index (χ1v) is 8.42. The number of aryl methyl sites for hydroxylation is 1. The molecule has 0 saturated carbocycles. The van der Waals surface area contributed by atoms with Gasteiger partial charge in [-0.05, 0) is 25.1 Å². The Bertz CT molecular complexity index is 1020. The molecule has 3 rings (SSSR count). The maximum absolute atomic E-state index is 12.3. The number of pyridine rings is 2. The van der Waals surface area contributed by atoms with Crippen LogP contribution in [0.2, 0.25) is 5.15 Å². The molecule has 0 aliphatic rings. The summed E-state index contributed by atoms with van der Waals surface area (Å²) in [4.78, 5) is 31.3. The molecule has 10 nitrogen and oxygen atoms in total. The zero-order valence-electron chi connectivity index (χ0n) is 14.8. The lowest BCUT2D eigenvalue weighted by molar-refractivity contribution is 0.0696. The highest BCUT2D eigenvalue weighted by atomic mass is 35.5. The van der Waals surface area contributed by atoms with Gasteiger partial charge in [0.1, 0.15) is 11.3 Å². The van der Waals surface area contributed by atoms with Crippen LogP contribution in [0.4, 0.5) is 10.6 Å². The third kappa shape index (κ3) is 4.07. The number of rotatable bonds is 5. The molecule has 3 heterocycles. The van der Waals surface area contributed by atoms with Crippen LogP contribution >= 0.6 is 11.6 Å². The van der Waals surface area contributed by atoms with Crippen molar-refractivity contribution in [3.8, 4) is 11.4 Å². The van der Waals surface area contributed by atoms with Crippen molar-refractivity contribution in [2.75, 3.05) is 5.32 Å². The molecule has 28 heavy (non-hydrogen) atoms. The molecule has 11 heteroatoms. The quantitative estimate of drug-likeness (QED) is 0.622. The lowest BCUT2D eigenvalue weighted by atomic mass is 10.2. The third-order valence-corrected chi connectivity index (χ3v) is 4.13. The van der Waals surface area contributed by atoms with Gasteiger partial charge in [-0.2, -0.15) is 0 Å². The predicted molar refractivity (Wildman–Crippen MR) is 99.0 cm³/mol. The SMILES string of the molecule is CC(OC(=O)Nc1c(-c2ccc(C(=O)O)cn2)nnn1C)c1cccnc1Cl. The van der Waals surface area contributed by atoms with Crippen molar-refractivity contribution in [3.63, 3.8) is 0 Å². The van der Waals surface area contributed by atoms with E-state index in [0.29, 0.717) is 11.3 Å².